The van der Waals surface area contributed by atoms with E-state index in [1.807, 2.05) is 29.2 Å². The Balaban J connectivity index is 1.49. The predicted molar refractivity (Wildman–Crippen MR) is 92.3 cm³/mol. The van der Waals surface area contributed by atoms with Crippen LogP contribution in [0.2, 0.25) is 0 Å². The van der Waals surface area contributed by atoms with Crippen LogP contribution in [0.15, 0.2) is 17.6 Å². The van der Waals surface area contributed by atoms with Gasteiger partial charge in [-0.2, -0.15) is 10.2 Å². The van der Waals surface area contributed by atoms with Crippen LogP contribution in [0.1, 0.15) is 47.6 Å². The minimum absolute atomic E-state index is 0.236. The maximum Gasteiger partial charge on any atom is 0.277 e. The van der Waals surface area contributed by atoms with Gasteiger partial charge in [0.2, 0.25) is 0 Å². The molecule has 1 amide bonds. The summed E-state index contributed by atoms with van der Waals surface area (Å²) in [5.74, 6) is 0.309. The lowest BCUT2D eigenvalue weighted by atomic mass is 10.2. The number of aryl methyl sites for hydroxylation is 1. The van der Waals surface area contributed by atoms with Crippen LogP contribution in [0.4, 0.5) is 5.13 Å². The maximum atomic E-state index is 12.3. The number of hydrogen-bond acceptors (Lipinski definition) is 5. The molecular weight excluding hydrogens is 324 g/mol. The number of aromatic amines is 1. The number of thiazole rings is 1. The standard InChI is InChI=1S/C16H18N6OS/c1-3-22-9(2)11(7-17-22)14-8-24-16(18-14)19-15(23)13-6-12(20-21-13)10-4-5-10/h6-8,10H,3-5H2,1-2H3,(H,20,21)(H,18,19,23). The molecule has 3 aromatic rings. The Kier molecular flexibility index (Phi) is 3.68. The third-order valence-corrected chi connectivity index (χ3v) is 5.01. The third kappa shape index (κ3) is 2.73. The summed E-state index contributed by atoms with van der Waals surface area (Å²) in [7, 11) is 0. The Morgan fingerprint density at radius 1 is 1.50 bits per heavy atom. The number of carbonyl (C=O) groups excluding carboxylic acids is 1. The molecule has 2 N–H and O–H groups in total. The number of nitrogens with zero attached hydrogens (tertiary/aromatic N) is 4. The van der Waals surface area contributed by atoms with E-state index in [4.69, 9.17) is 0 Å². The first-order valence-electron chi connectivity index (χ1n) is 8.00. The van der Waals surface area contributed by atoms with Gasteiger partial charge in [0.15, 0.2) is 10.8 Å². The van der Waals surface area contributed by atoms with Gasteiger partial charge in [-0.25, -0.2) is 4.98 Å². The summed E-state index contributed by atoms with van der Waals surface area (Å²) < 4.78 is 1.93. The van der Waals surface area contributed by atoms with Crippen LogP contribution in [0, 0.1) is 6.92 Å². The van der Waals surface area contributed by atoms with Gasteiger partial charge in [0.25, 0.3) is 5.91 Å². The first-order chi connectivity index (χ1) is 11.7. The van der Waals surface area contributed by atoms with Crippen LogP contribution in [-0.4, -0.2) is 30.9 Å². The molecule has 0 unspecified atom stereocenters. The van der Waals surface area contributed by atoms with Gasteiger partial charge >= 0.3 is 0 Å². The maximum absolute atomic E-state index is 12.3. The Bertz CT molecular complexity index is 888. The zero-order valence-corrected chi connectivity index (χ0v) is 14.4. The molecule has 0 aromatic carbocycles. The number of H-pyrrole nitrogens is 1. The number of anilines is 1. The Morgan fingerprint density at radius 3 is 3.04 bits per heavy atom. The van der Waals surface area contributed by atoms with Crippen molar-refractivity contribution in [1.82, 2.24) is 25.0 Å². The highest BCUT2D eigenvalue weighted by molar-refractivity contribution is 7.14. The van der Waals surface area contributed by atoms with Crippen molar-refractivity contribution in [3.63, 3.8) is 0 Å². The second-order valence-corrected chi connectivity index (χ2v) is 6.79. The first-order valence-corrected chi connectivity index (χ1v) is 8.88. The summed E-state index contributed by atoms with van der Waals surface area (Å²) in [5.41, 5.74) is 4.34. The molecule has 1 aliphatic carbocycles. The highest BCUT2D eigenvalue weighted by atomic mass is 32.1. The fraction of sp³-hybridized carbons (Fsp3) is 0.375. The zero-order valence-electron chi connectivity index (χ0n) is 13.5. The molecule has 3 heterocycles. The number of carbonyl (C=O) groups is 1. The normalized spacial score (nSPS) is 14.1. The lowest BCUT2D eigenvalue weighted by molar-refractivity contribution is 0.102. The van der Waals surface area contributed by atoms with E-state index in [-0.39, 0.29) is 5.91 Å². The molecule has 0 saturated heterocycles. The minimum Gasteiger partial charge on any atom is -0.296 e. The van der Waals surface area contributed by atoms with Crippen LogP contribution < -0.4 is 5.32 Å². The van der Waals surface area contributed by atoms with Crippen molar-refractivity contribution in [2.45, 2.75) is 39.2 Å². The van der Waals surface area contributed by atoms with Crippen molar-refractivity contribution < 1.29 is 4.79 Å². The van der Waals surface area contributed by atoms with Gasteiger partial charge in [0.1, 0.15) is 0 Å². The average molecular weight is 342 g/mol. The van der Waals surface area contributed by atoms with E-state index in [9.17, 15) is 4.79 Å². The van der Waals surface area contributed by atoms with Gasteiger partial charge in [-0.1, -0.05) is 0 Å². The van der Waals surface area contributed by atoms with E-state index < -0.39 is 0 Å². The number of rotatable bonds is 5. The Labute approximate surface area is 143 Å². The molecular formula is C16H18N6OS. The first kappa shape index (κ1) is 15.1. The topological polar surface area (TPSA) is 88.5 Å². The second kappa shape index (κ2) is 5.86. The monoisotopic (exact) mass is 342 g/mol. The summed E-state index contributed by atoms with van der Waals surface area (Å²) in [6.45, 7) is 4.89. The fourth-order valence-electron chi connectivity index (χ4n) is 2.69. The van der Waals surface area contributed by atoms with E-state index in [1.165, 1.54) is 24.2 Å². The molecule has 124 valence electrons. The molecule has 0 bridgehead atoms. The predicted octanol–water partition coefficient (Wildman–Crippen LogP) is 3.19. The SMILES string of the molecule is CCn1ncc(-c2csc(NC(=O)c3cc(C4CC4)[nH]n3)n2)c1C. The highest BCUT2D eigenvalue weighted by Crippen LogP contribution is 2.39. The third-order valence-electron chi connectivity index (χ3n) is 4.25. The summed E-state index contributed by atoms with van der Waals surface area (Å²) >= 11 is 1.40. The largest absolute Gasteiger partial charge is 0.296 e. The molecule has 24 heavy (non-hydrogen) atoms. The average Bonchev–Trinajstić information content (AvgIpc) is 2.99. The molecule has 1 aliphatic rings. The van der Waals surface area contributed by atoms with Gasteiger partial charge in [-0.05, 0) is 32.8 Å². The molecule has 4 rings (SSSR count). The number of nitrogens with one attached hydrogen (secondary N) is 2. The smallest absolute Gasteiger partial charge is 0.277 e. The van der Waals surface area contributed by atoms with Gasteiger partial charge in [-0.3, -0.25) is 19.9 Å². The van der Waals surface area contributed by atoms with Crippen molar-refractivity contribution >= 4 is 22.4 Å². The van der Waals surface area contributed by atoms with Crippen LogP contribution in [0.5, 0.6) is 0 Å². The number of hydrogen-bond donors (Lipinski definition) is 2. The summed E-state index contributed by atoms with van der Waals surface area (Å²) in [4.78, 5) is 16.8. The summed E-state index contributed by atoms with van der Waals surface area (Å²) in [6, 6.07) is 1.83. The highest BCUT2D eigenvalue weighted by Gasteiger charge is 2.26. The number of aromatic nitrogens is 5. The molecule has 0 atom stereocenters. The van der Waals surface area contributed by atoms with Crippen molar-refractivity contribution in [1.29, 1.82) is 0 Å². The van der Waals surface area contributed by atoms with E-state index in [0.29, 0.717) is 16.7 Å². The van der Waals surface area contributed by atoms with Crippen LogP contribution in [0.3, 0.4) is 0 Å². The van der Waals surface area contributed by atoms with Crippen molar-refractivity contribution in [3.8, 4) is 11.3 Å². The molecule has 1 saturated carbocycles. The Morgan fingerprint density at radius 2 is 2.33 bits per heavy atom. The van der Waals surface area contributed by atoms with Gasteiger partial charge in [0, 0.05) is 34.8 Å². The summed E-state index contributed by atoms with van der Waals surface area (Å²) in [6.07, 6.45) is 4.16. The van der Waals surface area contributed by atoms with Gasteiger partial charge in [-0.15, -0.1) is 11.3 Å². The lowest BCUT2D eigenvalue weighted by Crippen LogP contribution is -2.12. The molecule has 7 nitrogen and oxygen atoms in total. The van der Waals surface area contributed by atoms with Crippen LogP contribution in [-0.2, 0) is 6.54 Å². The van der Waals surface area contributed by atoms with Crippen molar-refractivity contribution in [2.75, 3.05) is 5.32 Å². The van der Waals surface area contributed by atoms with E-state index in [0.717, 1.165) is 29.2 Å². The summed E-state index contributed by atoms with van der Waals surface area (Å²) in [5, 5.41) is 16.7. The molecule has 8 heteroatoms. The van der Waals surface area contributed by atoms with Gasteiger partial charge in [0.05, 0.1) is 11.9 Å². The van der Waals surface area contributed by atoms with Crippen LogP contribution in [0.25, 0.3) is 11.3 Å². The minimum atomic E-state index is -0.236. The zero-order chi connectivity index (χ0) is 16.7. The molecule has 0 radical (unpaired) electrons. The van der Waals surface area contributed by atoms with Crippen molar-refractivity contribution in [3.05, 3.63) is 34.7 Å². The van der Waals surface area contributed by atoms with E-state index >= 15 is 0 Å². The fourth-order valence-corrected chi connectivity index (χ4v) is 3.39. The molecule has 0 spiro atoms. The Hall–Kier alpha value is -2.48. The van der Waals surface area contributed by atoms with E-state index in [2.05, 4.69) is 32.5 Å². The molecule has 1 fully saturated rings. The van der Waals surface area contributed by atoms with E-state index in [1.54, 1.807) is 0 Å². The van der Waals surface area contributed by atoms with Crippen molar-refractivity contribution in [2.24, 2.45) is 0 Å². The molecule has 3 aromatic heterocycles. The molecule has 0 aliphatic heterocycles. The second-order valence-electron chi connectivity index (χ2n) is 5.93. The quantitative estimate of drug-likeness (QED) is 0.745. The van der Waals surface area contributed by atoms with Gasteiger partial charge < -0.3 is 0 Å². The lowest BCUT2D eigenvalue weighted by Gasteiger charge is -2.00. The van der Waals surface area contributed by atoms with Crippen LogP contribution >= 0.6 is 11.3 Å². The number of amides is 1.